The Morgan fingerprint density at radius 3 is 2.80 bits per heavy atom. The van der Waals surface area contributed by atoms with Crippen molar-refractivity contribution in [3.05, 3.63) is 45.6 Å². The van der Waals surface area contributed by atoms with Crippen LogP contribution in [0.3, 0.4) is 0 Å². The molecule has 35 heavy (non-hydrogen) atoms. The average molecular weight is 558 g/mol. The Morgan fingerprint density at radius 1 is 1.20 bits per heavy atom. The van der Waals surface area contributed by atoms with Crippen LogP contribution in [0.1, 0.15) is 15.2 Å². The lowest BCUT2D eigenvalue weighted by Gasteiger charge is -2.32. The highest BCUT2D eigenvalue weighted by Crippen LogP contribution is 2.32. The minimum atomic E-state index is -0.273. The number of hydrogen-bond donors (Lipinski definition) is 3. The number of hydrogen-bond acceptors (Lipinski definition) is 8. The number of nitrogens with zero attached hydrogens (tertiary/aromatic N) is 6. The van der Waals surface area contributed by atoms with Crippen molar-refractivity contribution in [1.29, 1.82) is 0 Å². The molecule has 1 aliphatic heterocycles. The first-order valence-corrected chi connectivity index (χ1v) is 12.6. The van der Waals surface area contributed by atoms with Gasteiger partial charge in [0.25, 0.3) is 5.91 Å². The summed E-state index contributed by atoms with van der Waals surface area (Å²) in [6.07, 6.45) is 5.03. The normalized spacial score (nSPS) is 14.4. The average Bonchev–Trinajstić information content (AvgIpc) is 3.57. The van der Waals surface area contributed by atoms with E-state index in [1.807, 2.05) is 30.2 Å². The van der Waals surface area contributed by atoms with Crippen LogP contribution in [0.4, 0.5) is 16.6 Å². The predicted molar refractivity (Wildman–Crippen MR) is 138 cm³/mol. The van der Waals surface area contributed by atoms with Crippen molar-refractivity contribution in [3.8, 4) is 0 Å². The Kier molecular flexibility index (Phi) is 6.54. The molecule has 3 N–H and O–H groups in total. The van der Waals surface area contributed by atoms with E-state index in [4.69, 9.17) is 0 Å². The second-order valence-electron chi connectivity index (χ2n) is 8.40. The number of likely N-dealkylation sites (N-methyl/N-ethyl adjacent to an activating group) is 1. The summed E-state index contributed by atoms with van der Waals surface area (Å²) in [5.41, 5.74) is 2.35. The van der Waals surface area contributed by atoms with Crippen LogP contribution < -0.4 is 10.6 Å². The topological polar surface area (TPSA) is 124 Å². The molecule has 13 heteroatoms. The van der Waals surface area contributed by atoms with Gasteiger partial charge in [-0.15, -0.1) is 0 Å². The number of nitrogens with one attached hydrogen (secondary N) is 3. The summed E-state index contributed by atoms with van der Waals surface area (Å²) >= 11 is 4.71. The van der Waals surface area contributed by atoms with E-state index in [1.165, 1.54) is 17.5 Å². The van der Waals surface area contributed by atoms with Crippen molar-refractivity contribution < 1.29 is 9.59 Å². The standard InChI is InChI=1S/C22H24BrN9O2S/c1-13-11-32(12-18(33)31-7-5-30(2)6-8-31)29-20(13)27-22-24-10-17(35-22)21(34)26-19-14-9-25-28-16(14)4-3-15(19)23/h3-4,9-11H,5-8,12H2,1-2H3,(H,25,28)(H,26,34)(H,24,27,29). The summed E-state index contributed by atoms with van der Waals surface area (Å²) in [6, 6.07) is 3.74. The zero-order valence-corrected chi connectivity index (χ0v) is 21.6. The van der Waals surface area contributed by atoms with Gasteiger partial charge in [0.2, 0.25) is 5.91 Å². The molecule has 4 aromatic rings. The van der Waals surface area contributed by atoms with Crippen LogP contribution in [0.2, 0.25) is 0 Å². The van der Waals surface area contributed by atoms with Crippen molar-refractivity contribution >= 4 is 66.6 Å². The van der Waals surface area contributed by atoms with Crippen LogP contribution in [-0.2, 0) is 11.3 Å². The number of amides is 2. The second kappa shape index (κ2) is 9.76. The Balaban J connectivity index is 1.24. The first-order chi connectivity index (χ1) is 16.9. The van der Waals surface area contributed by atoms with Crippen LogP contribution in [0, 0.1) is 6.92 Å². The van der Waals surface area contributed by atoms with E-state index in [2.05, 4.69) is 58.8 Å². The number of aromatic nitrogens is 5. The molecular weight excluding hydrogens is 534 g/mol. The Bertz CT molecular complexity index is 1390. The van der Waals surface area contributed by atoms with E-state index in [1.54, 1.807) is 10.9 Å². The maximum absolute atomic E-state index is 12.9. The summed E-state index contributed by atoms with van der Waals surface area (Å²) in [4.78, 5) is 34.4. The number of rotatable bonds is 6. The summed E-state index contributed by atoms with van der Waals surface area (Å²) in [6.45, 7) is 5.32. The molecule has 0 unspecified atom stereocenters. The summed E-state index contributed by atoms with van der Waals surface area (Å²) < 4.78 is 2.40. The van der Waals surface area contributed by atoms with Gasteiger partial charge < -0.3 is 20.4 Å². The van der Waals surface area contributed by atoms with E-state index in [0.717, 1.165) is 47.1 Å². The van der Waals surface area contributed by atoms with Crippen LogP contribution in [0.15, 0.2) is 35.2 Å². The predicted octanol–water partition coefficient (Wildman–Crippen LogP) is 3.06. The monoisotopic (exact) mass is 557 g/mol. The van der Waals surface area contributed by atoms with Crippen molar-refractivity contribution in [3.63, 3.8) is 0 Å². The lowest BCUT2D eigenvalue weighted by atomic mass is 10.2. The lowest BCUT2D eigenvalue weighted by Crippen LogP contribution is -2.48. The van der Waals surface area contributed by atoms with Gasteiger partial charge in [0.15, 0.2) is 10.9 Å². The molecule has 2 amide bonds. The van der Waals surface area contributed by atoms with Crippen molar-refractivity contribution in [2.75, 3.05) is 43.9 Å². The van der Waals surface area contributed by atoms with Crippen molar-refractivity contribution in [2.24, 2.45) is 0 Å². The summed E-state index contributed by atoms with van der Waals surface area (Å²) in [7, 11) is 2.06. The van der Waals surface area contributed by atoms with E-state index in [-0.39, 0.29) is 18.4 Å². The van der Waals surface area contributed by atoms with Crippen LogP contribution in [0.5, 0.6) is 0 Å². The van der Waals surface area contributed by atoms with Gasteiger partial charge in [0, 0.05) is 47.8 Å². The molecule has 0 radical (unpaired) electrons. The number of carbonyl (C=O) groups is 2. The number of piperazine rings is 1. The molecule has 0 saturated carbocycles. The van der Waals surface area contributed by atoms with Gasteiger partial charge in [-0.2, -0.15) is 10.2 Å². The first-order valence-electron chi connectivity index (χ1n) is 11.0. The van der Waals surface area contributed by atoms with Gasteiger partial charge in [-0.05, 0) is 42.0 Å². The van der Waals surface area contributed by atoms with Crippen molar-refractivity contribution in [2.45, 2.75) is 13.5 Å². The van der Waals surface area contributed by atoms with Crippen LogP contribution >= 0.6 is 27.3 Å². The summed E-state index contributed by atoms with van der Waals surface area (Å²) in [5, 5.41) is 18.9. The van der Waals surface area contributed by atoms with E-state index in [9.17, 15) is 9.59 Å². The Labute approximate surface area is 213 Å². The minimum absolute atomic E-state index is 0.0548. The fraction of sp³-hybridized carbons (Fsp3) is 0.318. The van der Waals surface area contributed by atoms with Crippen LogP contribution in [0.25, 0.3) is 10.9 Å². The fourth-order valence-electron chi connectivity index (χ4n) is 3.85. The molecule has 5 rings (SSSR count). The number of carbonyl (C=O) groups excluding carboxylic acids is 2. The van der Waals surface area contributed by atoms with E-state index < -0.39 is 0 Å². The maximum atomic E-state index is 12.9. The molecule has 3 aromatic heterocycles. The molecule has 0 aliphatic carbocycles. The smallest absolute Gasteiger partial charge is 0.267 e. The van der Waals surface area contributed by atoms with Crippen LogP contribution in [-0.4, -0.2) is 79.8 Å². The SMILES string of the molecule is Cc1cn(CC(=O)N2CCN(C)CC2)nc1Nc1ncc(C(=O)Nc2c(Br)ccc3[nH]ncc23)s1. The highest BCUT2D eigenvalue weighted by molar-refractivity contribution is 9.10. The number of H-pyrrole nitrogens is 1. The molecule has 0 bridgehead atoms. The molecular formula is C22H24BrN9O2S. The van der Waals surface area contributed by atoms with Gasteiger partial charge in [0.05, 0.1) is 23.6 Å². The third-order valence-corrected chi connectivity index (χ3v) is 7.44. The number of fused-ring (bicyclic) bond motifs is 1. The largest absolute Gasteiger partial charge is 0.339 e. The molecule has 1 fully saturated rings. The Hall–Kier alpha value is -3.29. The zero-order valence-electron chi connectivity index (χ0n) is 19.2. The zero-order chi connectivity index (χ0) is 24.5. The molecule has 1 aromatic carbocycles. The number of aryl methyl sites for hydroxylation is 1. The molecule has 4 heterocycles. The molecule has 11 nitrogen and oxygen atoms in total. The molecule has 1 aliphatic rings. The molecule has 0 spiro atoms. The number of thiazole rings is 1. The number of anilines is 3. The van der Waals surface area contributed by atoms with Crippen molar-refractivity contribution in [1.82, 2.24) is 34.8 Å². The molecule has 0 atom stereocenters. The highest BCUT2D eigenvalue weighted by atomic mass is 79.9. The molecule has 182 valence electrons. The lowest BCUT2D eigenvalue weighted by molar-refractivity contribution is -0.133. The number of aromatic amines is 1. The highest BCUT2D eigenvalue weighted by Gasteiger charge is 2.20. The van der Waals surface area contributed by atoms with E-state index in [0.29, 0.717) is 21.5 Å². The van der Waals surface area contributed by atoms with Gasteiger partial charge >= 0.3 is 0 Å². The van der Waals surface area contributed by atoms with E-state index >= 15 is 0 Å². The molecule has 1 saturated heterocycles. The van der Waals surface area contributed by atoms with Gasteiger partial charge in [-0.3, -0.25) is 19.4 Å². The third-order valence-electron chi connectivity index (χ3n) is 5.86. The quantitative estimate of drug-likeness (QED) is 0.332. The fourth-order valence-corrected chi connectivity index (χ4v) is 5.01. The minimum Gasteiger partial charge on any atom is -0.339 e. The number of halogens is 1. The van der Waals surface area contributed by atoms with Gasteiger partial charge in [-0.1, -0.05) is 11.3 Å². The third kappa shape index (κ3) is 5.06. The second-order valence-corrected chi connectivity index (χ2v) is 10.3. The summed E-state index contributed by atoms with van der Waals surface area (Å²) in [5.74, 6) is 0.382. The van der Waals surface area contributed by atoms with Gasteiger partial charge in [0.1, 0.15) is 11.4 Å². The Morgan fingerprint density at radius 2 is 2.00 bits per heavy atom. The number of benzene rings is 1. The maximum Gasteiger partial charge on any atom is 0.267 e. The van der Waals surface area contributed by atoms with Gasteiger partial charge in [-0.25, -0.2) is 4.98 Å². The first kappa shape index (κ1) is 23.5.